The molecular weight excluding hydrogens is 530 g/mol. The minimum Gasteiger partial charge on any atom is -0.480 e. The maximum atomic E-state index is 12.3. The van der Waals surface area contributed by atoms with E-state index in [0.717, 1.165) is 22.0 Å². The van der Waals surface area contributed by atoms with E-state index >= 15 is 0 Å². The van der Waals surface area contributed by atoms with Crippen LogP contribution in [0, 0.1) is 6.92 Å². The summed E-state index contributed by atoms with van der Waals surface area (Å²) in [4.78, 5) is 31.0. The summed E-state index contributed by atoms with van der Waals surface area (Å²) in [5, 5.41) is 12.5. The maximum absolute atomic E-state index is 12.3. The zero-order valence-electron chi connectivity index (χ0n) is 21.0. The van der Waals surface area contributed by atoms with Gasteiger partial charge in [-0.1, -0.05) is 17.7 Å². The fourth-order valence-electron chi connectivity index (χ4n) is 5.34. The third kappa shape index (κ3) is 4.57. The molecule has 0 bridgehead atoms. The van der Waals surface area contributed by atoms with E-state index in [4.69, 9.17) is 30.8 Å². The molecule has 200 valence electrons. The van der Waals surface area contributed by atoms with Crippen LogP contribution in [0.15, 0.2) is 35.8 Å². The van der Waals surface area contributed by atoms with Crippen molar-refractivity contribution in [3.63, 3.8) is 0 Å². The van der Waals surface area contributed by atoms with Crippen molar-refractivity contribution in [2.24, 2.45) is 0 Å². The van der Waals surface area contributed by atoms with Crippen LogP contribution >= 0.6 is 22.9 Å². The summed E-state index contributed by atoms with van der Waals surface area (Å²) in [5.74, 6) is -0.152. The number of nitrogens with zero attached hydrogens (tertiary/aromatic N) is 5. The van der Waals surface area contributed by atoms with Crippen molar-refractivity contribution in [2.75, 3.05) is 42.7 Å². The number of aryl methyl sites for hydroxylation is 1. The van der Waals surface area contributed by atoms with Crippen molar-refractivity contribution in [1.82, 2.24) is 15.0 Å². The smallest absolute Gasteiger partial charge is 0.326 e. The van der Waals surface area contributed by atoms with Gasteiger partial charge in [-0.3, -0.25) is 0 Å². The molecule has 3 atom stereocenters. The number of ether oxygens (including phenoxy) is 3. The molecule has 3 aliphatic rings. The van der Waals surface area contributed by atoms with Gasteiger partial charge in [0.15, 0.2) is 0 Å². The molecule has 0 aliphatic carbocycles. The molecule has 3 aliphatic heterocycles. The zero-order valence-corrected chi connectivity index (χ0v) is 22.6. The largest absolute Gasteiger partial charge is 0.480 e. The Kier molecular flexibility index (Phi) is 6.63. The highest BCUT2D eigenvalue weighted by Gasteiger charge is 2.50. The molecule has 38 heavy (non-hydrogen) atoms. The summed E-state index contributed by atoms with van der Waals surface area (Å²) >= 11 is 7.93. The van der Waals surface area contributed by atoms with Gasteiger partial charge < -0.3 is 29.1 Å². The first kappa shape index (κ1) is 25.3. The number of carboxylic acids is 1. The van der Waals surface area contributed by atoms with Crippen molar-refractivity contribution in [3.05, 3.63) is 46.6 Å². The van der Waals surface area contributed by atoms with Gasteiger partial charge in [-0.05, 0) is 37.4 Å². The number of halogens is 1. The zero-order chi connectivity index (χ0) is 26.4. The van der Waals surface area contributed by atoms with Crippen molar-refractivity contribution in [1.29, 1.82) is 0 Å². The van der Waals surface area contributed by atoms with E-state index in [0.29, 0.717) is 49.8 Å². The van der Waals surface area contributed by atoms with Gasteiger partial charge in [0.2, 0.25) is 11.8 Å². The van der Waals surface area contributed by atoms with Gasteiger partial charge in [0, 0.05) is 24.9 Å². The summed E-state index contributed by atoms with van der Waals surface area (Å²) in [6, 6.07) is 6.89. The van der Waals surface area contributed by atoms with Crippen LogP contribution in [0.3, 0.4) is 0 Å². The molecule has 10 nitrogen and oxygen atoms in total. The van der Waals surface area contributed by atoms with E-state index < -0.39 is 18.1 Å². The molecule has 3 aromatic heterocycles. The minimum absolute atomic E-state index is 0.0239. The first-order valence-electron chi connectivity index (χ1n) is 12.5. The fraction of sp³-hybridized carbons (Fsp3) is 0.462. The third-order valence-corrected chi connectivity index (χ3v) is 8.55. The number of carbonyl (C=O) groups is 1. The van der Waals surface area contributed by atoms with Crippen LogP contribution in [0.4, 0.5) is 11.6 Å². The average molecular weight is 558 g/mol. The number of thiophene rings is 1. The lowest BCUT2D eigenvalue weighted by Crippen LogP contribution is -2.68. The summed E-state index contributed by atoms with van der Waals surface area (Å²) in [6.07, 6.45) is 1.38. The summed E-state index contributed by atoms with van der Waals surface area (Å²) in [7, 11) is 0. The average Bonchev–Trinajstić information content (AvgIpc) is 3.55. The Balaban J connectivity index is 1.27. The normalized spacial score (nSPS) is 24.4. The van der Waals surface area contributed by atoms with Gasteiger partial charge in [0.25, 0.3) is 0 Å². The van der Waals surface area contributed by atoms with Gasteiger partial charge in [-0.2, -0.15) is 0 Å². The van der Waals surface area contributed by atoms with Crippen LogP contribution in [0.25, 0.3) is 10.6 Å². The molecular formula is C26H28ClN5O5S. The van der Waals surface area contributed by atoms with E-state index in [9.17, 15) is 9.90 Å². The van der Waals surface area contributed by atoms with Crippen LogP contribution in [0.1, 0.15) is 19.0 Å². The molecule has 3 saturated heterocycles. The lowest BCUT2D eigenvalue weighted by Gasteiger charge is -2.53. The predicted octanol–water partition coefficient (Wildman–Crippen LogP) is 3.67. The molecule has 0 radical (unpaired) electrons. The predicted molar refractivity (Wildman–Crippen MR) is 143 cm³/mol. The molecule has 12 heteroatoms. The SMILES string of the molecule is Cc1cc(-c2cccs2)nc(N2C[C@@H](Oc3ncc(Cl)cc3N3CCOC4(COC4)[C@@H]3C)C[C@H]2C(=O)O)n1. The van der Waals surface area contributed by atoms with E-state index in [1.165, 1.54) is 0 Å². The van der Waals surface area contributed by atoms with E-state index in [1.54, 1.807) is 22.4 Å². The molecule has 0 amide bonds. The van der Waals surface area contributed by atoms with Crippen LogP contribution in [-0.4, -0.2) is 82.7 Å². The highest BCUT2D eigenvalue weighted by atomic mass is 35.5. The fourth-order valence-corrected chi connectivity index (χ4v) is 6.18. The summed E-state index contributed by atoms with van der Waals surface area (Å²) in [5.41, 5.74) is 1.94. The molecule has 3 fully saturated rings. The van der Waals surface area contributed by atoms with Crippen LogP contribution < -0.4 is 14.5 Å². The summed E-state index contributed by atoms with van der Waals surface area (Å²) < 4.78 is 17.9. The highest BCUT2D eigenvalue weighted by Crippen LogP contribution is 2.40. The molecule has 0 unspecified atom stereocenters. The standard InChI is InChI=1S/C26H28ClN5O5S/c1-15-8-19(22-4-3-7-38-22)30-25(29-15)32-12-18(10-21(32)24(33)34)37-23-20(9-17(27)11-28-23)31-5-6-36-26(16(31)2)13-35-14-26/h3-4,7-9,11,16,18,21H,5-6,10,12-14H2,1-2H3,(H,33,34)/t16-,18-,21-/m0/s1. The first-order chi connectivity index (χ1) is 18.3. The van der Waals surface area contributed by atoms with Crippen molar-refractivity contribution < 1.29 is 24.1 Å². The molecule has 6 heterocycles. The Bertz CT molecular complexity index is 1340. The molecule has 6 rings (SSSR count). The monoisotopic (exact) mass is 557 g/mol. The van der Waals surface area contributed by atoms with Gasteiger partial charge in [-0.15, -0.1) is 11.3 Å². The Morgan fingerprint density at radius 1 is 1.29 bits per heavy atom. The van der Waals surface area contributed by atoms with E-state index in [-0.39, 0.29) is 18.1 Å². The van der Waals surface area contributed by atoms with Crippen molar-refractivity contribution >= 4 is 40.5 Å². The highest BCUT2D eigenvalue weighted by molar-refractivity contribution is 7.13. The Labute approximate surface area is 229 Å². The van der Waals surface area contributed by atoms with Crippen LogP contribution in [0.2, 0.25) is 5.02 Å². The third-order valence-electron chi connectivity index (χ3n) is 7.45. The lowest BCUT2D eigenvalue weighted by atomic mass is 9.90. The second-order valence-corrected chi connectivity index (χ2v) is 11.3. The molecule has 1 N–H and O–H groups in total. The first-order valence-corrected chi connectivity index (χ1v) is 13.8. The molecule has 0 saturated carbocycles. The van der Waals surface area contributed by atoms with Crippen molar-refractivity contribution in [3.8, 4) is 16.5 Å². The molecule has 1 spiro atoms. The minimum atomic E-state index is -0.947. The van der Waals surface area contributed by atoms with E-state index in [1.807, 2.05) is 36.6 Å². The Hall–Kier alpha value is -2.99. The van der Waals surface area contributed by atoms with Gasteiger partial charge in [0.1, 0.15) is 23.4 Å². The summed E-state index contributed by atoms with van der Waals surface area (Å²) in [6.45, 7) is 6.57. The number of aromatic nitrogens is 3. The molecule has 0 aromatic carbocycles. The number of rotatable bonds is 6. The topological polar surface area (TPSA) is 110 Å². The molecule has 3 aromatic rings. The number of aliphatic carboxylic acids is 1. The second-order valence-electron chi connectivity index (χ2n) is 9.91. The quantitative estimate of drug-likeness (QED) is 0.482. The van der Waals surface area contributed by atoms with Gasteiger partial charge >= 0.3 is 5.97 Å². The second kappa shape index (κ2) is 9.96. The maximum Gasteiger partial charge on any atom is 0.326 e. The number of carboxylic acid groups (broad SMARTS) is 1. The van der Waals surface area contributed by atoms with Gasteiger partial charge in [0.05, 0.1) is 48.0 Å². The van der Waals surface area contributed by atoms with Crippen molar-refractivity contribution in [2.45, 2.75) is 44.1 Å². The Morgan fingerprint density at radius 3 is 2.84 bits per heavy atom. The van der Waals surface area contributed by atoms with Crippen LogP contribution in [0.5, 0.6) is 5.88 Å². The van der Waals surface area contributed by atoms with E-state index in [2.05, 4.69) is 21.8 Å². The lowest BCUT2D eigenvalue weighted by molar-refractivity contribution is -0.228. The number of anilines is 2. The number of hydrogen-bond acceptors (Lipinski definition) is 10. The van der Waals surface area contributed by atoms with Crippen LogP contribution in [-0.2, 0) is 14.3 Å². The number of morpholine rings is 1. The van der Waals surface area contributed by atoms with Gasteiger partial charge in [-0.25, -0.2) is 19.7 Å². The number of hydrogen-bond donors (Lipinski definition) is 1. The number of pyridine rings is 1. The Morgan fingerprint density at radius 2 is 2.13 bits per heavy atom.